The fraction of sp³-hybridized carbons (Fsp3) is 0.632. The average molecular weight is 397 g/mol. The van der Waals surface area contributed by atoms with Gasteiger partial charge >= 0.3 is 13.2 Å². The highest BCUT2D eigenvalue weighted by atomic mass is 19.1. The normalized spacial score (nSPS) is 17.6. The molecule has 1 aliphatic heterocycles. The lowest BCUT2D eigenvalue weighted by molar-refractivity contribution is 0.00578. The third-order valence-electron chi connectivity index (χ3n) is 5.08. The van der Waals surface area contributed by atoms with Gasteiger partial charge in [0.1, 0.15) is 11.6 Å². The fourth-order valence-electron chi connectivity index (χ4n) is 2.51. The summed E-state index contributed by atoms with van der Waals surface area (Å²) in [5.74, 6) is -0.0210. The maximum Gasteiger partial charge on any atom is 0.497 e. The first-order valence-electron chi connectivity index (χ1n) is 9.33. The number of amides is 1. The molecule has 1 N–H and O–H groups in total. The van der Waals surface area contributed by atoms with Gasteiger partial charge in [-0.2, -0.15) is 0 Å². The number of hydrogen-bond donors (Lipinski definition) is 1. The molecule has 7 nitrogen and oxygen atoms in total. The second-order valence-electron chi connectivity index (χ2n) is 7.79. The molecule has 2 rings (SSSR count). The number of carboxylic acid groups (broad SMARTS) is 1. The van der Waals surface area contributed by atoms with Crippen molar-refractivity contribution in [3.05, 3.63) is 24.0 Å². The molecule has 1 amide bonds. The van der Waals surface area contributed by atoms with Crippen molar-refractivity contribution in [2.24, 2.45) is 0 Å². The largest absolute Gasteiger partial charge is 0.497 e. The Kier molecular flexibility index (Phi) is 7.30. The number of carbonyl (C=O) groups is 1. The second-order valence-corrected chi connectivity index (χ2v) is 7.79. The van der Waals surface area contributed by atoms with Gasteiger partial charge in [-0.15, -0.1) is 0 Å². The molecule has 1 aromatic carbocycles. The molecular formula is C19H29BFNO6. The van der Waals surface area contributed by atoms with E-state index in [0.717, 1.165) is 4.90 Å². The van der Waals surface area contributed by atoms with E-state index in [1.54, 1.807) is 12.1 Å². The number of ether oxygens (including phenoxy) is 2. The SMILES string of the molecule is CN(CCOCCCOc1ccc(B2OC(C)(C)C(C)(C)O2)c(F)c1)C(=O)O. The van der Waals surface area contributed by atoms with Gasteiger partial charge in [0.15, 0.2) is 0 Å². The highest BCUT2D eigenvalue weighted by Gasteiger charge is 2.52. The lowest BCUT2D eigenvalue weighted by Crippen LogP contribution is -2.41. The van der Waals surface area contributed by atoms with Gasteiger partial charge in [-0.3, -0.25) is 0 Å². The van der Waals surface area contributed by atoms with Crippen LogP contribution in [0.1, 0.15) is 34.1 Å². The summed E-state index contributed by atoms with van der Waals surface area (Å²) < 4.78 is 37.2. The Balaban J connectivity index is 1.75. The monoisotopic (exact) mass is 397 g/mol. The molecule has 0 radical (unpaired) electrons. The molecule has 28 heavy (non-hydrogen) atoms. The van der Waals surface area contributed by atoms with Crippen LogP contribution in [-0.2, 0) is 14.0 Å². The molecule has 0 aromatic heterocycles. The molecule has 1 aromatic rings. The first kappa shape index (κ1) is 22.5. The molecule has 0 atom stereocenters. The van der Waals surface area contributed by atoms with Gasteiger partial charge < -0.3 is 28.8 Å². The summed E-state index contributed by atoms with van der Waals surface area (Å²) in [5, 5.41) is 8.72. The van der Waals surface area contributed by atoms with Crippen LogP contribution in [0.25, 0.3) is 0 Å². The summed E-state index contributed by atoms with van der Waals surface area (Å²) in [6.07, 6.45) is -0.380. The van der Waals surface area contributed by atoms with Crippen LogP contribution >= 0.6 is 0 Å². The number of halogens is 1. The molecule has 1 heterocycles. The van der Waals surface area contributed by atoms with E-state index >= 15 is 0 Å². The van der Waals surface area contributed by atoms with Crippen molar-refractivity contribution >= 4 is 18.7 Å². The molecule has 0 saturated carbocycles. The van der Waals surface area contributed by atoms with Gasteiger partial charge in [0.05, 0.1) is 24.4 Å². The Bertz CT molecular complexity index is 668. The zero-order valence-corrected chi connectivity index (χ0v) is 17.2. The molecule has 1 saturated heterocycles. The van der Waals surface area contributed by atoms with Gasteiger partial charge in [-0.25, -0.2) is 9.18 Å². The predicted octanol–water partition coefficient (Wildman–Crippen LogP) is 2.52. The van der Waals surface area contributed by atoms with Crippen molar-refractivity contribution in [2.45, 2.75) is 45.3 Å². The lowest BCUT2D eigenvalue weighted by atomic mass is 9.78. The molecule has 156 valence electrons. The molecular weight excluding hydrogens is 368 g/mol. The van der Waals surface area contributed by atoms with Gasteiger partial charge in [0.25, 0.3) is 0 Å². The maximum absolute atomic E-state index is 14.5. The topological polar surface area (TPSA) is 77.5 Å². The van der Waals surface area contributed by atoms with Gasteiger partial charge in [0, 0.05) is 38.1 Å². The molecule has 0 bridgehead atoms. The predicted molar refractivity (Wildman–Crippen MR) is 104 cm³/mol. The molecule has 1 fully saturated rings. The van der Waals surface area contributed by atoms with Crippen LogP contribution in [0.3, 0.4) is 0 Å². The van der Waals surface area contributed by atoms with Crippen molar-refractivity contribution in [1.82, 2.24) is 4.90 Å². The van der Waals surface area contributed by atoms with Crippen LogP contribution < -0.4 is 10.2 Å². The van der Waals surface area contributed by atoms with Crippen molar-refractivity contribution in [1.29, 1.82) is 0 Å². The smallest absolute Gasteiger partial charge is 0.493 e. The zero-order chi connectivity index (χ0) is 20.9. The number of likely N-dealkylation sites (N-methyl/N-ethyl adjacent to an activating group) is 1. The number of hydrogen-bond acceptors (Lipinski definition) is 5. The van der Waals surface area contributed by atoms with Crippen molar-refractivity contribution < 1.29 is 33.1 Å². The zero-order valence-electron chi connectivity index (χ0n) is 17.2. The summed E-state index contributed by atoms with van der Waals surface area (Å²) >= 11 is 0. The van der Waals surface area contributed by atoms with E-state index in [0.29, 0.717) is 44.0 Å². The minimum atomic E-state index is -0.988. The number of benzene rings is 1. The Morgan fingerprint density at radius 3 is 2.39 bits per heavy atom. The van der Waals surface area contributed by atoms with Gasteiger partial charge in [0.2, 0.25) is 0 Å². The van der Waals surface area contributed by atoms with E-state index in [1.165, 1.54) is 13.1 Å². The highest BCUT2D eigenvalue weighted by molar-refractivity contribution is 6.62. The van der Waals surface area contributed by atoms with E-state index in [4.69, 9.17) is 23.9 Å². The maximum atomic E-state index is 14.5. The summed E-state index contributed by atoms with van der Waals surface area (Å²) in [5.41, 5.74) is -0.714. The first-order valence-corrected chi connectivity index (χ1v) is 9.33. The molecule has 9 heteroatoms. The van der Waals surface area contributed by atoms with E-state index in [-0.39, 0.29) is 0 Å². The van der Waals surface area contributed by atoms with Crippen molar-refractivity contribution in [2.75, 3.05) is 33.4 Å². The summed E-state index contributed by atoms with van der Waals surface area (Å²) in [7, 11) is 0.729. The Labute approximate surface area is 165 Å². The average Bonchev–Trinajstić information content (AvgIpc) is 2.81. The lowest BCUT2D eigenvalue weighted by Gasteiger charge is -2.32. The second kappa shape index (κ2) is 9.11. The minimum absolute atomic E-state index is 0.307. The van der Waals surface area contributed by atoms with Gasteiger partial charge in [-0.05, 0) is 33.8 Å². The Morgan fingerprint density at radius 1 is 1.18 bits per heavy atom. The van der Waals surface area contributed by atoms with E-state index in [9.17, 15) is 9.18 Å². The summed E-state index contributed by atoms with van der Waals surface area (Å²) in [4.78, 5) is 11.8. The van der Waals surface area contributed by atoms with E-state index in [2.05, 4.69) is 0 Å². The Morgan fingerprint density at radius 2 is 1.82 bits per heavy atom. The van der Waals surface area contributed by atoms with Crippen LogP contribution in [0, 0.1) is 5.82 Å². The van der Waals surface area contributed by atoms with Crippen LogP contribution in [0.5, 0.6) is 5.75 Å². The standard InChI is InChI=1S/C19H29BFNO6/c1-18(2)19(3,4)28-20(27-18)15-8-7-14(13-16(15)21)26-11-6-10-25-12-9-22(5)17(23)24/h7-8,13H,6,9-12H2,1-5H3,(H,23,24). The molecule has 1 aliphatic rings. The molecule has 0 aliphatic carbocycles. The van der Waals surface area contributed by atoms with Crippen LogP contribution in [0.15, 0.2) is 18.2 Å². The fourth-order valence-corrected chi connectivity index (χ4v) is 2.51. The van der Waals surface area contributed by atoms with Crippen LogP contribution in [0.2, 0.25) is 0 Å². The van der Waals surface area contributed by atoms with Crippen molar-refractivity contribution in [3.63, 3.8) is 0 Å². The van der Waals surface area contributed by atoms with E-state index < -0.39 is 30.2 Å². The van der Waals surface area contributed by atoms with Gasteiger partial charge in [-0.1, -0.05) is 6.07 Å². The van der Waals surface area contributed by atoms with Crippen molar-refractivity contribution in [3.8, 4) is 5.75 Å². The number of nitrogens with zero attached hydrogens (tertiary/aromatic N) is 1. The molecule has 0 spiro atoms. The third kappa shape index (κ3) is 5.59. The first-order chi connectivity index (χ1) is 13.0. The number of rotatable bonds is 9. The highest BCUT2D eigenvalue weighted by Crippen LogP contribution is 2.36. The summed E-state index contributed by atoms with van der Waals surface area (Å²) in [6.45, 7) is 9.11. The summed E-state index contributed by atoms with van der Waals surface area (Å²) in [6, 6.07) is 4.63. The minimum Gasteiger partial charge on any atom is -0.493 e. The Hall–Kier alpha value is -1.84. The van der Waals surface area contributed by atoms with Crippen LogP contribution in [0.4, 0.5) is 9.18 Å². The van der Waals surface area contributed by atoms with E-state index in [1.807, 2.05) is 27.7 Å². The quantitative estimate of drug-likeness (QED) is 0.510. The van der Waals surface area contributed by atoms with Crippen LogP contribution in [-0.4, -0.2) is 67.8 Å². The molecule has 0 unspecified atom stereocenters. The third-order valence-corrected chi connectivity index (χ3v) is 5.08.